The first kappa shape index (κ1) is 33.3. The van der Waals surface area contributed by atoms with E-state index < -0.39 is 11.7 Å². The molecule has 5 heterocycles. The quantitative estimate of drug-likeness (QED) is 0.221. The van der Waals surface area contributed by atoms with E-state index in [1.54, 1.807) is 27.0 Å². The Morgan fingerprint density at radius 2 is 1.76 bits per heavy atom. The summed E-state index contributed by atoms with van der Waals surface area (Å²) in [4.78, 5) is 64.1. The average Bonchev–Trinajstić information content (AvgIpc) is 3.72. The third-order valence-corrected chi connectivity index (χ3v) is 10.2. The van der Waals surface area contributed by atoms with Crippen LogP contribution in [0.15, 0.2) is 60.8 Å². The van der Waals surface area contributed by atoms with E-state index in [0.29, 0.717) is 76.3 Å². The first-order valence-corrected chi connectivity index (χ1v) is 17.7. The largest absolute Gasteiger partial charge is 0.457 e. The zero-order valence-corrected chi connectivity index (χ0v) is 29.3. The van der Waals surface area contributed by atoms with E-state index in [-0.39, 0.29) is 29.8 Å². The molecule has 2 aromatic heterocycles. The molecule has 4 aromatic rings. The number of rotatable bonds is 6. The van der Waals surface area contributed by atoms with Crippen LogP contribution >= 0.6 is 11.3 Å². The summed E-state index contributed by atoms with van der Waals surface area (Å²) in [6, 6.07) is 16.2. The van der Waals surface area contributed by atoms with Gasteiger partial charge < -0.3 is 29.9 Å². The van der Waals surface area contributed by atoms with Crippen LogP contribution in [0.2, 0.25) is 0 Å². The molecule has 0 aliphatic carbocycles. The van der Waals surface area contributed by atoms with Crippen LogP contribution in [0.3, 0.4) is 0 Å². The Labute approximate surface area is 294 Å². The van der Waals surface area contributed by atoms with Crippen LogP contribution in [0.5, 0.6) is 11.5 Å². The number of urea groups is 1. The van der Waals surface area contributed by atoms with Gasteiger partial charge in [-0.1, -0.05) is 18.2 Å². The summed E-state index contributed by atoms with van der Waals surface area (Å²) in [5.74, 6) is 0.732. The van der Waals surface area contributed by atoms with Gasteiger partial charge in [0, 0.05) is 38.4 Å². The molecule has 3 aliphatic rings. The third kappa shape index (κ3) is 6.69. The number of ether oxygens (including phenoxy) is 2. The Morgan fingerprint density at radius 3 is 2.52 bits per heavy atom. The second-order valence-corrected chi connectivity index (χ2v) is 15.0. The molecular formula is C37H40N6O6S. The van der Waals surface area contributed by atoms with Crippen LogP contribution in [-0.4, -0.2) is 76.5 Å². The van der Waals surface area contributed by atoms with Gasteiger partial charge in [-0.15, -0.1) is 11.3 Å². The van der Waals surface area contributed by atoms with Gasteiger partial charge in [-0.05, 0) is 88.9 Å². The normalized spacial score (nSPS) is 19.0. The molecule has 13 heteroatoms. The number of aromatic nitrogens is 1. The van der Waals surface area contributed by atoms with E-state index in [0.717, 1.165) is 18.4 Å². The summed E-state index contributed by atoms with van der Waals surface area (Å²) in [7, 11) is 0. The van der Waals surface area contributed by atoms with Gasteiger partial charge in [0.2, 0.25) is 5.91 Å². The van der Waals surface area contributed by atoms with Crippen LogP contribution < -0.4 is 20.3 Å². The molecule has 50 heavy (non-hydrogen) atoms. The van der Waals surface area contributed by atoms with Crippen LogP contribution in [0.1, 0.15) is 55.3 Å². The number of anilines is 3. The van der Waals surface area contributed by atoms with Crippen molar-refractivity contribution in [2.75, 3.05) is 36.4 Å². The topological polar surface area (TPSA) is 133 Å². The van der Waals surface area contributed by atoms with Crippen LogP contribution in [0.25, 0.3) is 10.2 Å². The average molecular weight is 697 g/mol. The van der Waals surface area contributed by atoms with Crippen molar-refractivity contribution < 1.29 is 28.7 Å². The van der Waals surface area contributed by atoms with E-state index in [9.17, 15) is 19.2 Å². The van der Waals surface area contributed by atoms with Crippen molar-refractivity contribution in [1.82, 2.24) is 20.1 Å². The second-order valence-electron chi connectivity index (χ2n) is 14.0. The minimum absolute atomic E-state index is 0.0110. The van der Waals surface area contributed by atoms with Crippen LogP contribution in [-0.2, 0) is 9.53 Å². The summed E-state index contributed by atoms with van der Waals surface area (Å²) < 4.78 is 11.5. The Bertz CT molecular complexity index is 1970. The smallest absolute Gasteiger partial charge is 0.410 e. The van der Waals surface area contributed by atoms with Gasteiger partial charge in [0.05, 0.1) is 28.4 Å². The molecule has 0 unspecified atom stereocenters. The van der Waals surface area contributed by atoms with E-state index in [2.05, 4.69) is 15.6 Å². The van der Waals surface area contributed by atoms with Gasteiger partial charge in [0.25, 0.3) is 5.91 Å². The number of amides is 5. The number of likely N-dealkylation sites (tertiary alicyclic amines) is 2. The predicted octanol–water partition coefficient (Wildman–Crippen LogP) is 7.06. The molecule has 2 aromatic carbocycles. The van der Waals surface area contributed by atoms with Crippen LogP contribution in [0, 0.1) is 12.8 Å². The highest BCUT2D eigenvalue weighted by molar-refractivity contribution is 7.21. The van der Waals surface area contributed by atoms with Crippen molar-refractivity contribution in [2.24, 2.45) is 5.92 Å². The van der Waals surface area contributed by atoms with Gasteiger partial charge >= 0.3 is 12.1 Å². The summed E-state index contributed by atoms with van der Waals surface area (Å²) >= 11 is 1.23. The maximum Gasteiger partial charge on any atom is 0.410 e. The maximum absolute atomic E-state index is 13.8. The number of thiophene rings is 1. The molecular weight excluding hydrogens is 657 g/mol. The summed E-state index contributed by atoms with van der Waals surface area (Å²) in [5.41, 5.74) is 1.98. The maximum atomic E-state index is 13.8. The highest BCUT2D eigenvalue weighted by Gasteiger charge is 2.38. The lowest BCUT2D eigenvalue weighted by atomic mass is 10.0. The van der Waals surface area contributed by atoms with Crippen molar-refractivity contribution in [1.29, 1.82) is 0 Å². The number of nitrogens with one attached hydrogen (secondary N) is 2. The van der Waals surface area contributed by atoms with Crippen molar-refractivity contribution in [2.45, 2.75) is 58.6 Å². The fraction of sp³-hybridized carbons (Fsp3) is 0.378. The zero-order valence-electron chi connectivity index (χ0n) is 28.5. The van der Waals surface area contributed by atoms with E-state index in [1.165, 1.54) is 11.3 Å². The Morgan fingerprint density at radius 1 is 0.960 bits per heavy atom. The Balaban J connectivity index is 1.05. The highest BCUT2D eigenvalue weighted by atomic mass is 32.1. The standard InChI is InChI=1S/C37H40N6O6S/c1-22-19-26(48-25-10-6-5-7-11-25)12-13-27(22)43-28-14-16-38-33-29(28)30(40-35(43)46)31(50-33)32(44)39-24-9-8-17-41(21-24)34(45)23-15-18-42(20-23)36(47)49-37(2,3)4/h5-7,10-14,16,19,23-24H,8-9,15,17-18,20-21H2,1-4H3,(H,39,44)(H,40,46)/t23-,24+/m0/s1. The van der Waals surface area contributed by atoms with Crippen molar-refractivity contribution in [3.8, 4) is 11.5 Å². The number of carbonyl (C=O) groups is 4. The zero-order chi connectivity index (χ0) is 35.2. The molecule has 0 spiro atoms. The number of pyridine rings is 1. The fourth-order valence-corrected chi connectivity index (χ4v) is 7.83. The minimum atomic E-state index is -0.603. The van der Waals surface area contributed by atoms with E-state index in [1.807, 2.05) is 76.2 Å². The number of hydrogen-bond donors (Lipinski definition) is 2. The molecule has 0 bridgehead atoms. The van der Waals surface area contributed by atoms with Crippen LogP contribution in [0.4, 0.5) is 26.7 Å². The second kappa shape index (κ2) is 13.3. The van der Waals surface area contributed by atoms with Gasteiger partial charge in [-0.25, -0.2) is 14.6 Å². The van der Waals surface area contributed by atoms with Crippen molar-refractivity contribution in [3.05, 3.63) is 71.2 Å². The molecule has 2 atom stereocenters. The molecule has 2 saturated heterocycles. The number of aryl methyl sites for hydroxylation is 1. The first-order chi connectivity index (χ1) is 23.9. The molecule has 7 rings (SSSR count). The van der Waals surface area contributed by atoms with Gasteiger partial charge in [-0.3, -0.25) is 14.5 Å². The van der Waals surface area contributed by atoms with E-state index in [4.69, 9.17) is 9.47 Å². The molecule has 0 radical (unpaired) electrons. The molecule has 5 amide bonds. The number of nitrogens with zero attached hydrogens (tertiary/aromatic N) is 4. The number of carbonyl (C=O) groups excluding carboxylic acids is 4. The molecule has 3 aliphatic heterocycles. The molecule has 12 nitrogen and oxygen atoms in total. The number of hydrogen-bond acceptors (Lipinski definition) is 8. The Hall–Kier alpha value is -5.17. The molecule has 2 fully saturated rings. The Kier molecular flexibility index (Phi) is 8.85. The highest BCUT2D eigenvalue weighted by Crippen LogP contribution is 2.46. The fourth-order valence-electron chi connectivity index (χ4n) is 6.81. The number of para-hydroxylation sites is 1. The van der Waals surface area contributed by atoms with Crippen molar-refractivity contribution in [3.63, 3.8) is 0 Å². The first-order valence-electron chi connectivity index (χ1n) is 16.9. The lowest BCUT2D eigenvalue weighted by Gasteiger charge is -2.34. The number of benzene rings is 2. The predicted molar refractivity (Wildman–Crippen MR) is 191 cm³/mol. The monoisotopic (exact) mass is 696 g/mol. The lowest BCUT2D eigenvalue weighted by molar-refractivity contribution is -0.136. The lowest BCUT2D eigenvalue weighted by Crippen LogP contribution is -2.51. The van der Waals surface area contributed by atoms with Gasteiger partial charge in [0.1, 0.15) is 26.8 Å². The summed E-state index contributed by atoms with van der Waals surface area (Å²) in [6.07, 6.45) is 3.28. The van der Waals surface area contributed by atoms with Crippen molar-refractivity contribution >= 4 is 62.6 Å². The number of piperidine rings is 1. The molecule has 0 saturated carbocycles. The SMILES string of the molecule is Cc1cc(Oc2ccccc2)ccc1N1C(=O)Nc2c(C(=O)N[C@@H]3CCCN(C(=O)[C@H]4CCN(C(=O)OC(C)(C)C)C4)C3)sc3nccc1c23. The van der Waals surface area contributed by atoms with Gasteiger partial charge in [-0.2, -0.15) is 0 Å². The minimum Gasteiger partial charge on any atom is -0.457 e. The summed E-state index contributed by atoms with van der Waals surface area (Å²) in [6.45, 7) is 9.15. The molecule has 260 valence electrons. The molecule has 2 N–H and O–H groups in total. The summed E-state index contributed by atoms with van der Waals surface area (Å²) in [5, 5.41) is 6.79. The van der Waals surface area contributed by atoms with Gasteiger partial charge in [0.15, 0.2) is 0 Å². The third-order valence-electron chi connectivity index (χ3n) is 9.10. The van der Waals surface area contributed by atoms with E-state index >= 15 is 0 Å².